The van der Waals surface area contributed by atoms with Gasteiger partial charge in [0.1, 0.15) is 48.7 Å². The molecule has 12 N–H and O–H groups in total. The summed E-state index contributed by atoms with van der Waals surface area (Å²) >= 11 is 0. The lowest BCUT2D eigenvalue weighted by atomic mass is 9.97. The fraction of sp³-hybridized carbons (Fsp3) is 0.636. The molecule has 2 aliphatic heterocycles. The molecule has 2 aliphatic rings. The largest absolute Gasteiger partial charge is 0.394 e. The van der Waals surface area contributed by atoms with Crippen LogP contribution in [-0.4, -0.2) is 190 Å². The molecular formula is C44H66N8O16. The number of unbranched alkanes of at least 4 members (excludes halogenated alkanes) is 4. The van der Waals surface area contributed by atoms with E-state index in [2.05, 4.69) is 41.9 Å². The molecule has 4 heterocycles. The molecule has 0 radical (unpaired) electrons. The number of aliphatic hydroxyl groups excluding tert-OH is 6. The second-order valence-electron chi connectivity index (χ2n) is 16.3. The summed E-state index contributed by atoms with van der Waals surface area (Å²) in [5, 5.41) is 75.9. The molecule has 10 atom stereocenters. The Morgan fingerprint density at radius 2 is 0.956 bits per heavy atom. The lowest BCUT2D eigenvalue weighted by molar-refractivity contribution is -0.269. The second-order valence-corrected chi connectivity index (χ2v) is 16.3. The minimum atomic E-state index is -1.44. The van der Waals surface area contributed by atoms with Crippen molar-refractivity contribution in [1.82, 2.24) is 41.9 Å². The molecule has 4 rings (SSSR count). The number of aromatic nitrogens is 2. The third-order valence-electron chi connectivity index (χ3n) is 11.0. The van der Waals surface area contributed by atoms with Gasteiger partial charge in [-0.3, -0.25) is 38.7 Å². The predicted octanol–water partition coefficient (Wildman–Crippen LogP) is -3.12. The smallest absolute Gasteiger partial charge is 0.251 e. The molecule has 0 unspecified atom stereocenters. The van der Waals surface area contributed by atoms with Crippen molar-refractivity contribution in [3.8, 4) is 11.4 Å². The SMILES string of the molecule is CC(=O)N[C@H]1[C@@H](OCCNC(=O)CCCCCNC(=O)c2ccnc(-c3cc(C(=O)NCCCCCC(=O)NCCO[C@H]4O[C@H](CO)[C@H](O)[C@H](O)[C@H]4NC(C)=O)ccn3)c2)O[C@H](CO)[C@H](O)[C@@H]1O. The molecule has 0 aromatic carbocycles. The van der Waals surface area contributed by atoms with Crippen molar-refractivity contribution in [3.05, 3.63) is 47.8 Å². The van der Waals surface area contributed by atoms with Gasteiger partial charge in [-0.15, -0.1) is 0 Å². The van der Waals surface area contributed by atoms with Crippen LogP contribution in [0.2, 0.25) is 0 Å². The van der Waals surface area contributed by atoms with Crippen LogP contribution in [0.3, 0.4) is 0 Å². The molecule has 2 aromatic heterocycles. The van der Waals surface area contributed by atoms with Gasteiger partial charge in [-0.25, -0.2) is 0 Å². The fourth-order valence-corrected chi connectivity index (χ4v) is 7.34. The van der Waals surface area contributed by atoms with Crippen molar-refractivity contribution in [2.24, 2.45) is 0 Å². The fourth-order valence-electron chi connectivity index (χ4n) is 7.34. The lowest BCUT2D eigenvalue weighted by Gasteiger charge is -2.42. The number of pyridine rings is 2. The van der Waals surface area contributed by atoms with E-state index in [-0.39, 0.29) is 62.8 Å². The quantitative estimate of drug-likeness (QED) is 0.0394. The maximum Gasteiger partial charge on any atom is 0.251 e. The third kappa shape index (κ3) is 17.7. The van der Waals surface area contributed by atoms with E-state index in [9.17, 15) is 59.4 Å². The first-order chi connectivity index (χ1) is 32.6. The maximum atomic E-state index is 12.9. The average Bonchev–Trinajstić information content (AvgIpc) is 3.32. The van der Waals surface area contributed by atoms with Gasteiger partial charge in [0.25, 0.3) is 11.8 Å². The highest BCUT2D eigenvalue weighted by atomic mass is 16.7. The van der Waals surface area contributed by atoms with Crippen LogP contribution in [0.4, 0.5) is 0 Å². The standard InChI is InChI=1S/C44H66N8O16/c1-25(55)51-35-39(61)37(59)31(23-53)67-43(35)65-19-17-47-33(57)9-5-3-7-13-49-41(63)27-11-15-45-29(21-27)30-22-28(12-16-46-30)42(64)50-14-8-4-6-10-34(58)48-18-20-66-44-36(52-26(2)56)40(62)38(60)32(24-54)68-44/h11-12,15-16,21-22,31-32,35-40,43-44,53-54,59-62H,3-10,13-14,17-20,23-24H2,1-2H3,(H,47,57)(H,48,58)(H,49,63)(H,50,64)(H,51,55)(H,52,56)/t31-,32-,35-,36-,37+,38+,39-,40-,43+,44+/m1/s1. The molecule has 0 saturated carbocycles. The second kappa shape index (κ2) is 28.9. The van der Waals surface area contributed by atoms with E-state index in [1.807, 2.05) is 0 Å². The topological polar surface area (TPSA) is 359 Å². The van der Waals surface area contributed by atoms with Gasteiger partial charge in [0.05, 0.1) is 37.8 Å². The Kier molecular flexibility index (Phi) is 23.5. The van der Waals surface area contributed by atoms with E-state index in [1.165, 1.54) is 26.2 Å². The number of carbonyl (C=O) groups is 6. The lowest BCUT2D eigenvalue weighted by Crippen LogP contribution is -2.64. The van der Waals surface area contributed by atoms with Gasteiger partial charge in [-0.2, -0.15) is 0 Å². The Morgan fingerprint density at radius 1 is 0.559 bits per heavy atom. The summed E-state index contributed by atoms with van der Waals surface area (Å²) in [6.45, 7) is 2.22. The average molecular weight is 963 g/mol. The minimum absolute atomic E-state index is 0.0248. The van der Waals surface area contributed by atoms with Gasteiger partial charge in [0.15, 0.2) is 12.6 Å². The van der Waals surface area contributed by atoms with Crippen molar-refractivity contribution in [2.45, 2.75) is 127 Å². The molecule has 24 heteroatoms. The highest BCUT2D eigenvalue weighted by molar-refractivity contribution is 5.96. The highest BCUT2D eigenvalue weighted by Gasteiger charge is 2.46. The number of hydrogen-bond donors (Lipinski definition) is 12. The number of nitrogens with zero attached hydrogens (tertiary/aromatic N) is 2. The summed E-state index contributed by atoms with van der Waals surface area (Å²) in [4.78, 5) is 82.4. The van der Waals surface area contributed by atoms with Gasteiger partial charge < -0.3 is 81.5 Å². The molecule has 0 aliphatic carbocycles. The Balaban J connectivity index is 1.07. The summed E-state index contributed by atoms with van der Waals surface area (Å²) in [6, 6.07) is 4.12. The third-order valence-corrected chi connectivity index (χ3v) is 11.0. The molecule has 0 spiro atoms. The predicted molar refractivity (Wildman–Crippen MR) is 238 cm³/mol. The summed E-state index contributed by atoms with van der Waals surface area (Å²) < 4.78 is 22.2. The number of hydrogen-bond acceptors (Lipinski definition) is 18. The van der Waals surface area contributed by atoms with Crippen molar-refractivity contribution in [1.29, 1.82) is 0 Å². The zero-order valence-electron chi connectivity index (χ0n) is 38.2. The molecule has 6 amide bonds. The number of aliphatic hydroxyl groups is 6. The molecule has 2 fully saturated rings. The molecular weight excluding hydrogens is 897 g/mol. The molecule has 2 aromatic rings. The minimum Gasteiger partial charge on any atom is -0.394 e. The number of amides is 6. The van der Waals surface area contributed by atoms with E-state index in [1.54, 1.807) is 24.3 Å². The van der Waals surface area contributed by atoms with Gasteiger partial charge in [0, 0.05) is 76.4 Å². The van der Waals surface area contributed by atoms with Crippen LogP contribution in [0.5, 0.6) is 0 Å². The molecule has 68 heavy (non-hydrogen) atoms. The van der Waals surface area contributed by atoms with Crippen molar-refractivity contribution < 1.29 is 78.4 Å². The van der Waals surface area contributed by atoms with Crippen LogP contribution >= 0.6 is 0 Å². The summed E-state index contributed by atoms with van der Waals surface area (Å²) in [6.07, 6.45) is -3.19. The molecule has 2 saturated heterocycles. The van der Waals surface area contributed by atoms with E-state index >= 15 is 0 Å². The van der Waals surface area contributed by atoms with Gasteiger partial charge >= 0.3 is 0 Å². The van der Waals surface area contributed by atoms with Crippen LogP contribution in [0, 0.1) is 0 Å². The Morgan fingerprint density at radius 3 is 1.32 bits per heavy atom. The maximum absolute atomic E-state index is 12.9. The van der Waals surface area contributed by atoms with Crippen LogP contribution < -0.4 is 31.9 Å². The highest BCUT2D eigenvalue weighted by Crippen LogP contribution is 2.24. The van der Waals surface area contributed by atoms with E-state index < -0.39 is 86.3 Å². The Bertz CT molecular complexity index is 1810. The van der Waals surface area contributed by atoms with Crippen molar-refractivity contribution >= 4 is 35.4 Å². The first-order valence-electron chi connectivity index (χ1n) is 22.7. The first kappa shape index (κ1) is 55.3. The number of rotatable bonds is 27. The zero-order valence-corrected chi connectivity index (χ0v) is 38.2. The molecule has 378 valence electrons. The number of ether oxygens (including phenoxy) is 4. The first-order valence-corrected chi connectivity index (χ1v) is 22.7. The Hall–Kier alpha value is -5.28. The monoisotopic (exact) mass is 962 g/mol. The van der Waals surface area contributed by atoms with Crippen molar-refractivity contribution in [2.75, 3.05) is 52.6 Å². The van der Waals surface area contributed by atoms with Gasteiger partial charge in [0.2, 0.25) is 23.6 Å². The molecule has 0 bridgehead atoms. The van der Waals surface area contributed by atoms with Crippen LogP contribution in [0.15, 0.2) is 36.7 Å². The summed E-state index contributed by atoms with van der Waals surface area (Å²) in [5.41, 5.74) is 1.48. The van der Waals surface area contributed by atoms with Gasteiger partial charge in [-0.1, -0.05) is 12.8 Å². The number of nitrogens with one attached hydrogen (secondary N) is 6. The van der Waals surface area contributed by atoms with Crippen LogP contribution in [-0.2, 0) is 38.1 Å². The van der Waals surface area contributed by atoms with E-state index in [0.29, 0.717) is 74.1 Å². The normalized spacial score (nSPS) is 24.6. The molecule has 24 nitrogen and oxygen atoms in total. The summed E-state index contributed by atoms with van der Waals surface area (Å²) in [7, 11) is 0. The van der Waals surface area contributed by atoms with Crippen LogP contribution in [0.25, 0.3) is 11.4 Å². The number of carbonyl (C=O) groups excluding carboxylic acids is 6. The van der Waals surface area contributed by atoms with E-state index in [0.717, 1.165) is 0 Å². The summed E-state index contributed by atoms with van der Waals surface area (Å²) in [5.74, 6) is -2.06. The van der Waals surface area contributed by atoms with Crippen molar-refractivity contribution in [3.63, 3.8) is 0 Å². The zero-order chi connectivity index (χ0) is 49.6. The van der Waals surface area contributed by atoms with E-state index in [4.69, 9.17) is 18.9 Å². The Labute approximate surface area is 393 Å². The van der Waals surface area contributed by atoms with Crippen LogP contribution in [0.1, 0.15) is 85.9 Å². The van der Waals surface area contributed by atoms with Gasteiger partial charge in [-0.05, 0) is 49.9 Å².